The van der Waals surface area contributed by atoms with Gasteiger partial charge >= 0.3 is 0 Å². The first-order valence-corrected chi connectivity index (χ1v) is 9.68. The molecule has 1 N–H and O–H groups in total. The average molecular weight is 422 g/mol. The van der Waals surface area contributed by atoms with Crippen molar-refractivity contribution in [1.82, 2.24) is 9.78 Å². The van der Waals surface area contributed by atoms with Crippen LogP contribution in [0.1, 0.15) is 5.56 Å². The standard InChI is InChI=1S/C17H16BrN3O3S/c1-24-16-7-6-14(18)11-17(16)25(22,23)20-15-5-2-4-13(10-15)12-21-9-3-8-19-21/h2-11,20H,12H2,1H3. The maximum absolute atomic E-state index is 12.7. The van der Waals surface area contributed by atoms with E-state index in [-0.39, 0.29) is 10.6 Å². The Kier molecular flexibility index (Phi) is 5.10. The van der Waals surface area contributed by atoms with Crippen molar-refractivity contribution in [3.05, 3.63) is 71.0 Å². The van der Waals surface area contributed by atoms with Crippen LogP contribution >= 0.6 is 15.9 Å². The van der Waals surface area contributed by atoms with Crippen molar-refractivity contribution < 1.29 is 13.2 Å². The maximum atomic E-state index is 12.7. The lowest BCUT2D eigenvalue weighted by Gasteiger charge is -2.13. The van der Waals surface area contributed by atoms with E-state index < -0.39 is 10.0 Å². The second kappa shape index (κ2) is 7.28. The van der Waals surface area contributed by atoms with Crippen LogP contribution in [0.3, 0.4) is 0 Å². The van der Waals surface area contributed by atoms with Gasteiger partial charge in [-0.3, -0.25) is 9.40 Å². The van der Waals surface area contributed by atoms with Crippen molar-refractivity contribution in [1.29, 1.82) is 0 Å². The van der Waals surface area contributed by atoms with Gasteiger partial charge in [-0.1, -0.05) is 28.1 Å². The fourth-order valence-corrected chi connectivity index (χ4v) is 4.14. The highest BCUT2D eigenvalue weighted by molar-refractivity contribution is 9.10. The largest absolute Gasteiger partial charge is 0.495 e. The van der Waals surface area contributed by atoms with Crippen molar-refractivity contribution in [2.75, 3.05) is 11.8 Å². The van der Waals surface area contributed by atoms with E-state index in [0.717, 1.165) is 5.56 Å². The van der Waals surface area contributed by atoms with Crippen molar-refractivity contribution in [3.8, 4) is 5.75 Å². The third-order valence-electron chi connectivity index (χ3n) is 3.50. The molecule has 0 spiro atoms. The van der Waals surface area contributed by atoms with Gasteiger partial charge in [-0.25, -0.2) is 8.42 Å². The number of methoxy groups -OCH3 is 1. The first kappa shape index (κ1) is 17.5. The van der Waals surface area contributed by atoms with Gasteiger partial charge in [0, 0.05) is 22.6 Å². The van der Waals surface area contributed by atoms with Gasteiger partial charge in [0.25, 0.3) is 10.0 Å². The molecule has 0 atom stereocenters. The number of hydrogen-bond donors (Lipinski definition) is 1. The highest BCUT2D eigenvalue weighted by Crippen LogP contribution is 2.29. The average Bonchev–Trinajstić information content (AvgIpc) is 3.07. The predicted octanol–water partition coefficient (Wildman–Crippen LogP) is 3.50. The molecule has 130 valence electrons. The van der Waals surface area contributed by atoms with Gasteiger partial charge in [-0.2, -0.15) is 5.10 Å². The number of aromatic nitrogens is 2. The molecule has 25 heavy (non-hydrogen) atoms. The van der Waals surface area contributed by atoms with Crippen LogP contribution in [0.25, 0.3) is 0 Å². The van der Waals surface area contributed by atoms with Crippen molar-refractivity contribution >= 4 is 31.6 Å². The van der Waals surface area contributed by atoms with Crippen LogP contribution < -0.4 is 9.46 Å². The Morgan fingerprint density at radius 1 is 1.20 bits per heavy atom. The zero-order chi connectivity index (χ0) is 17.9. The molecule has 0 fully saturated rings. The SMILES string of the molecule is COc1ccc(Br)cc1S(=O)(=O)Nc1cccc(Cn2cccn2)c1. The van der Waals surface area contributed by atoms with Gasteiger partial charge in [0.15, 0.2) is 0 Å². The number of sulfonamides is 1. The van der Waals surface area contributed by atoms with E-state index in [1.54, 1.807) is 41.2 Å². The summed E-state index contributed by atoms with van der Waals surface area (Å²) in [4.78, 5) is 0.0712. The summed E-state index contributed by atoms with van der Waals surface area (Å²) < 4.78 is 35.7. The smallest absolute Gasteiger partial charge is 0.265 e. The quantitative estimate of drug-likeness (QED) is 0.660. The fraction of sp³-hybridized carbons (Fsp3) is 0.118. The topological polar surface area (TPSA) is 73.2 Å². The second-order valence-corrected chi connectivity index (χ2v) is 7.87. The minimum Gasteiger partial charge on any atom is -0.495 e. The summed E-state index contributed by atoms with van der Waals surface area (Å²) in [6.07, 6.45) is 3.55. The molecule has 1 heterocycles. The van der Waals surface area contributed by atoms with Crippen LogP contribution in [-0.4, -0.2) is 25.3 Å². The van der Waals surface area contributed by atoms with Gasteiger partial charge in [0.05, 0.1) is 13.7 Å². The second-order valence-electron chi connectivity index (χ2n) is 5.30. The van der Waals surface area contributed by atoms with Gasteiger partial charge in [-0.05, 0) is 42.0 Å². The number of benzene rings is 2. The number of halogens is 1. The molecule has 1 aromatic heterocycles. The van der Waals surface area contributed by atoms with E-state index in [0.29, 0.717) is 16.7 Å². The zero-order valence-corrected chi connectivity index (χ0v) is 15.8. The predicted molar refractivity (Wildman–Crippen MR) is 99.3 cm³/mol. The van der Waals surface area contributed by atoms with Crippen LogP contribution in [0.5, 0.6) is 5.75 Å². The summed E-state index contributed by atoms with van der Waals surface area (Å²) in [6, 6.07) is 13.9. The zero-order valence-electron chi connectivity index (χ0n) is 13.4. The van der Waals surface area contributed by atoms with Gasteiger partial charge < -0.3 is 4.74 Å². The molecule has 2 aromatic carbocycles. The molecule has 3 aromatic rings. The van der Waals surface area contributed by atoms with Gasteiger partial charge in [0.1, 0.15) is 10.6 Å². The maximum Gasteiger partial charge on any atom is 0.265 e. The molecule has 0 aliphatic rings. The first-order valence-electron chi connectivity index (χ1n) is 7.41. The van der Waals surface area contributed by atoms with Gasteiger partial charge in [-0.15, -0.1) is 0 Å². The molecule has 0 saturated heterocycles. The normalized spacial score (nSPS) is 11.3. The summed E-state index contributed by atoms with van der Waals surface area (Å²) in [5.74, 6) is 0.281. The number of rotatable bonds is 6. The molecule has 0 aliphatic carbocycles. The lowest BCUT2D eigenvalue weighted by atomic mass is 10.2. The first-order chi connectivity index (χ1) is 12.0. The number of nitrogens with one attached hydrogen (secondary N) is 1. The van der Waals surface area contributed by atoms with E-state index in [4.69, 9.17) is 4.74 Å². The van der Waals surface area contributed by atoms with Crippen molar-refractivity contribution in [2.45, 2.75) is 11.4 Å². The van der Waals surface area contributed by atoms with Gasteiger partial charge in [0.2, 0.25) is 0 Å². The molecule has 0 radical (unpaired) electrons. The lowest BCUT2D eigenvalue weighted by molar-refractivity contribution is 0.403. The van der Waals surface area contributed by atoms with Crippen LogP contribution in [0.2, 0.25) is 0 Å². The Morgan fingerprint density at radius 2 is 2.04 bits per heavy atom. The molecule has 0 saturated carbocycles. The summed E-state index contributed by atoms with van der Waals surface area (Å²) in [5, 5.41) is 4.15. The molecule has 3 rings (SSSR count). The Labute approximate surface area is 154 Å². The number of ether oxygens (including phenoxy) is 1. The molecular weight excluding hydrogens is 406 g/mol. The molecule has 0 bridgehead atoms. The molecule has 8 heteroatoms. The van der Waals surface area contributed by atoms with Crippen molar-refractivity contribution in [3.63, 3.8) is 0 Å². The number of hydrogen-bond acceptors (Lipinski definition) is 4. The summed E-state index contributed by atoms with van der Waals surface area (Å²) >= 11 is 3.29. The third-order valence-corrected chi connectivity index (χ3v) is 5.39. The minimum atomic E-state index is -3.78. The van der Waals surface area contributed by atoms with E-state index in [2.05, 4.69) is 25.8 Å². The Bertz CT molecular complexity index is 973. The lowest BCUT2D eigenvalue weighted by Crippen LogP contribution is -2.14. The number of anilines is 1. The van der Waals surface area contributed by atoms with Crippen LogP contribution in [0.15, 0.2) is 70.3 Å². The molecule has 0 unspecified atom stereocenters. The highest BCUT2D eigenvalue weighted by Gasteiger charge is 2.20. The Hall–Kier alpha value is -2.32. The summed E-state index contributed by atoms with van der Waals surface area (Å²) in [6.45, 7) is 0.558. The van der Waals surface area contributed by atoms with E-state index in [9.17, 15) is 8.42 Å². The molecule has 0 aliphatic heterocycles. The van der Waals surface area contributed by atoms with Crippen LogP contribution in [0, 0.1) is 0 Å². The monoisotopic (exact) mass is 421 g/mol. The summed E-state index contributed by atoms with van der Waals surface area (Å²) in [5.41, 5.74) is 1.41. The molecule has 6 nitrogen and oxygen atoms in total. The number of nitrogens with zero attached hydrogens (tertiary/aromatic N) is 2. The molecule has 0 amide bonds. The van der Waals surface area contributed by atoms with E-state index in [1.807, 2.05) is 18.3 Å². The van der Waals surface area contributed by atoms with Crippen LogP contribution in [-0.2, 0) is 16.6 Å². The minimum absolute atomic E-state index is 0.0712. The van der Waals surface area contributed by atoms with E-state index in [1.165, 1.54) is 13.2 Å². The fourth-order valence-electron chi connectivity index (χ4n) is 2.38. The van der Waals surface area contributed by atoms with Crippen molar-refractivity contribution in [2.24, 2.45) is 0 Å². The van der Waals surface area contributed by atoms with E-state index >= 15 is 0 Å². The highest BCUT2D eigenvalue weighted by atomic mass is 79.9. The molecular formula is C17H16BrN3O3S. The Morgan fingerprint density at radius 3 is 2.76 bits per heavy atom. The third kappa shape index (κ3) is 4.21. The Balaban J connectivity index is 1.87. The summed E-state index contributed by atoms with van der Waals surface area (Å²) in [7, 11) is -2.35. The van der Waals surface area contributed by atoms with Crippen LogP contribution in [0.4, 0.5) is 5.69 Å².